The molecule has 0 spiro atoms. The van der Waals surface area contributed by atoms with Gasteiger partial charge in [-0.3, -0.25) is 0 Å². The third-order valence-corrected chi connectivity index (χ3v) is 4.24. The summed E-state index contributed by atoms with van der Waals surface area (Å²) >= 11 is 0. The van der Waals surface area contributed by atoms with Gasteiger partial charge in [0.1, 0.15) is 0 Å². The summed E-state index contributed by atoms with van der Waals surface area (Å²) in [5.41, 5.74) is 1.59. The van der Waals surface area contributed by atoms with Crippen molar-refractivity contribution in [2.45, 2.75) is 63.5 Å². The van der Waals surface area contributed by atoms with Gasteiger partial charge in [0, 0.05) is 23.5 Å². The van der Waals surface area contributed by atoms with Crippen LogP contribution >= 0.6 is 0 Å². The van der Waals surface area contributed by atoms with Gasteiger partial charge in [0.05, 0.1) is 0 Å². The predicted octanol–water partition coefficient (Wildman–Crippen LogP) is 2.70. The molecule has 0 saturated heterocycles. The first-order chi connectivity index (χ1) is 7.79. The lowest BCUT2D eigenvalue weighted by atomic mass is 9.85. The summed E-state index contributed by atoms with van der Waals surface area (Å²) in [7, 11) is 0. The fourth-order valence-corrected chi connectivity index (χ4v) is 3.39. The minimum absolute atomic E-state index is 0.0666. The van der Waals surface area contributed by atoms with Gasteiger partial charge in [-0.1, -0.05) is 12.8 Å². The first-order valence-electron chi connectivity index (χ1n) is 6.44. The molecule has 3 aliphatic rings. The van der Waals surface area contributed by atoms with Crippen LogP contribution in [0.3, 0.4) is 0 Å². The number of rotatable bonds is 0. The molecule has 1 heterocycles. The van der Waals surface area contributed by atoms with Gasteiger partial charge in [0.2, 0.25) is 0 Å². The molecule has 1 aliphatic heterocycles. The number of hydrogen-bond acceptors (Lipinski definition) is 4. The largest absolute Gasteiger partial charge is 0.758 e. The van der Waals surface area contributed by atoms with Gasteiger partial charge < -0.3 is 20.5 Å². The molecule has 0 N–H and O–H groups in total. The van der Waals surface area contributed by atoms with Crippen LogP contribution in [-0.2, 0) is 0 Å². The molecule has 90 valence electrons. The number of fused-ring (bicyclic) bond motifs is 1. The van der Waals surface area contributed by atoms with Crippen molar-refractivity contribution < 1.29 is 0 Å². The van der Waals surface area contributed by atoms with Crippen LogP contribution in [-0.4, -0.2) is 22.2 Å². The van der Waals surface area contributed by atoms with Gasteiger partial charge in [-0.15, -0.1) is 0 Å². The molecule has 16 heavy (non-hydrogen) atoms. The van der Waals surface area contributed by atoms with E-state index in [1.807, 2.05) is 0 Å². The molecule has 0 radical (unpaired) electrons. The van der Waals surface area contributed by atoms with Gasteiger partial charge in [-0.2, -0.15) is 0 Å². The van der Waals surface area contributed by atoms with E-state index in [0.29, 0.717) is 0 Å². The quantitative estimate of drug-likeness (QED) is 0.632. The average molecular weight is 222 g/mol. The molecule has 4 heteroatoms. The third kappa shape index (κ3) is 1.44. The zero-order chi connectivity index (χ0) is 11.1. The van der Waals surface area contributed by atoms with Crippen LogP contribution in [0.4, 0.5) is 0 Å². The molecule has 2 unspecified atom stereocenters. The number of allylic oxidation sites excluding steroid dienone is 2. The van der Waals surface area contributed by atoms with Crippen molar-refractivity contribution in [3.05, 3.63) is 21.8 Å². The molecule has 0 aromatic carbocycles. The van der Waals surface area contributed by atoms with Crippen LogP contribution in [0.2, 0.25) is 0 Å². The van der Waals surface area contributed by atoms with Crippen molar-refractivity contribution in [3.63, 3.8) is 0 Å². The van der Waals surface area contributed by atoms with Crippen LogP contribution in [0.15, 0.2) is 11.4 Å². The minimum atomic E-state index is -0.0666. The highest BCUT2D eigenvalue weighted by Gasteiger charge is 2.35. The van der Waals surface area contributed by atoms with E-state index < -0.39 is 0 Å². The van der Waals surface area contributed by atoms with E-state index in [9.17, 15) is 10.4 Å². The summed E-state index contributed by atoms with van der Waals surface area (Å²) in [6, 6.07) is -0.133. The first kappa shape index (κ1) is 10.4. The Morgan fingerprint density at radius 3 is 1.62 bits per heavy atom. The monoisotopic (exact) mass is 222 g/mol. The molecule has 1 saturated carbocycles. The SMILES string of the molecule is [O-]N1C2=C(CCCC2)N([O-])C2CCCCC21. The predicted molar refractivity (Wildman–Crippen MR) is 62.0 cm³/mol. The van der Waals surface area contributed by atoms with Crippen LogP contribution < -0.4 is 0 Å². The van der Waals surface area contributed by atoms with Crippen LogP contribution in [0.5, 0.6) is 0 Å². The zero-order valence-electron chi connectivity index (χ0n) is 9.52. The van der Waals surface area contributed by atoms with Gasteiger partial charge in [-0.25, -0.2) is 0 Å². The molecule has 0 bridgehead atoms. The fourth-order valence-electron chi connectivity index (χ4n) is 3.39. The second-order valence-corrected chi connectivity index (χ2v) is 5.17. The van der Waals surface area contributed by atoms with E-state index in [1.165, 1.54) is 10.1 Å². The number of nitrogens with zero attached hydrogens (tertiary/aromatic N) is 2. The lowest BCUT2D eigenvalue weighted by molar-refractivity contribution is 0.101. The van der Waals surface area contributed by atoms with Crippen LogP contribution in [0.1, 0.15) is 51.4 Å². The Bertz CT molecular complexity index is 286. The number of hydrogen-bond donors (Lipinski definition) is 0. The Kier molecular flexibility index (Phi) is 2.56. The maximum atomic E-state index is 12.2. The Hall–Kier alpha value is -0.740. The lowest BCUT2D eigenvalue weighted by Crippen LogP contribution is -2.54. The Balaban J connectivity index is 1.95. The maximum Gasteiger partial charge on any atom is 0.0371 e. The summed E-state index contributed by atoms with van der Waals surface area (Å²) < 4.78 is 0. The van der Waals surface area contributed by atoms with E-state index in [4.69, 9.17) is 0 Å². The standard InChI is InChI=1S/C12H18N2O2/c15-13-9-5-1-2-6-10(9)14(16)12-8-4-3-7-11(12)13/h9-10H,1-8H2/q-2. The average Bonchev–Trinajstić information content (AvgIpc) is 2.36. The molecule has 2 aliphatic carbocycles. The van der Waals surface area contributed by atoms with E-state index in [1.54, 1.807) is 0 Å². The van der Waals surface area contributed by atoms with E-state index in [-0.39, 0.29) is 12.1 Å². The summed E-state index contributed by atoms with van der Waals surface area (Å²) in [4.78, 5) is 0. The Morgan fingerprint density at radius 1 is 0.750 bits per heavy atom. The number of hydroxylamine groups is 4. The molecule has 4 nitrogen and oxygen atoms in total. The molecular formula is C12H18N2O2-2. The van der Waals surface area contributed by atoms with Gasteiger partial charge in [-0.05, 0) is 38.5 Å². The first-order valence-corrected chi connectivity index (χ1v) is 6.44. The smallest absolute Gasteiger partial charge is 0.0371 e. The highest BCUT2D eigenvalue weighted by molar-refractivity contribution is 5.23. The fraction of sp³-hybridized carbons (Fsp3) is 0.833. The van der Waals surface area contributed by atoms with Crippen molar-refractivity contribution in [1.82, 2.24) is 10.1 Å². The normalized spacial score (nSPS) is 34.9. The highest BCUT2D eigenvalue weighted by Crippen LogP contribution is 2.40. The van der Waals surface area contributed by atoms with E-state index in [2.05, 4.69) is 0 Å². The molecule has 3 rings (SSSR count). The third-order valence-electron chi connectivity index (χ3n) is 4.24. The summed E-state index contributed by atoms with van der Waals surface area (Å²) in [6.07, 6.45) is 7.70. The second-order valence-electron chi connectivity index (χ2n) is 5.17. The van der Waals surface area contributed by atoms with E-state index in [0.717, 1.165) is 62.8 Å². The molecule has 2 atom stereocenters. The summed E-state index contributed by atoms with van der Waals surface area (Å²) in [5.74, 6) is 0. The Morgan fingerprint density at radius 2 is 1.19 bits per heavy atom. The maximum absolute atomic E-state index is 12.2. The molecule has 0 aromatic heterocycles. The van der Waals surface area contributed by atoms with E-state index >= 15 is 0 Å². The topological polar surface area (TPSA) is 52.6 Å². The molecular weight excluding hydrogens is 204 g/mol. The molecule has 0 amide bonds. The van der Waals surface area contributed by atoms with Crippen molar-refractivity contribution in [3.8, 4) is 0 Å². The zero-order valence-corrected chi connectivity index (χ0v) is 9.52. The highest BCUT2D eigenvalue weighted by atomic mass is 16.5. The van der Waals surface area contributed by atoms with Gasteiger partial charge in [0.15, 0.2) is 0 Å². The second kappa shape index (κ2) is 3.93. The minimum Gasteiger partial charge on any atom is -0.758 e. The van der Waals surface area contributed by atoms with Crippen LogP contribution in [0.25, 0.3) is 0 Å². The van der Waals surface area contributed by atoms with Gasteiger partial charge in [0.25, 0.3) is 0 Å². The summed E-state index contributed by atoms with van der Waals surface area (Å²) in [6.45, 7) is 0. The Labute approximate surface area is 96.1 Å². The molecule has 0 aromatic rings. The molecule has 1 fully saturated rings. The van der Waals surface area contributed by atoms with Crippen molar-refractivity contribution in [2.75, 3.05) is 0 Å². The lowest BCUT2D eigenvalue weighted by Gasteiger charge is -2.60. The van der Waals surface area contributed by atoms with Crippen molar-refractivity contribution >= 4 is 0 Å². The van der Waals surface area contributed by atoms with Crippen molar-refractivity contribution in [2.24, 2.45) is 0 Å². The summed E-state index contributed by atoms with van der Waals surface area (Å²) in [5, 5.41) is 26.8. The van der Waals surface area contributed by atoms with Crippen molar-refractivity contribution in [1.29, 1.82) is 0 Å². The van der Waals surface area contributed by atoms with Crippen LogP contribution in [0, 0.1) is 10.4 Å². The van der Waals surface area contributed by atoms with Gasteiger partial charge >= 0.3 is 0 Å².